The van der Waals surface area contributed by atoms with Crippen molar-refractivity contribution in [2.24, 2.45) is 0 Å². The van der Waals surface area contributed by atoms with Gasteiger partial charge in [0, 0.05) is 31.7 Å². The highest BCUT2D eigenvalue weighted by molar-refractivity contribution is 9.10. The largest absolute Gasteiger partial charge is 0.337 e. The molecule has 0 aliphatic carbocycles. The zero-order chi connectivity index (χ0) is 15.3. The molecule has 0 atom stereocenters. The van der Waals surface area contributed by atoms with Gasteiger partial charge in [0.2, 0.25) is 10.0 Å². The Morgan fingerprint density at radius 3 is 2.55 bits per heavy atom. The molecule has 1 rings (SSSR count). The lowest BCUT2D eigenvalue weighted by molar-refractivity contribution is 0.217. The number of hydrogen-bond donors (Lipinski definition) is 2. The standard InChI is InChI=1S/C11H15BrFN3O3S/c1-16(2)11(17)14-5-6-15-20(18,19)10-4-3-8(12)7-9(10)13/h3-4,7,15H,5-6H2,1-2H3,(H,14,17). The number of hydrogen-bond acceptors (Lipinski definition) is 3. The molecule has 6 nitrogen and oxygen atoms in total. The van der Waals surface area contributed by atoms with Gasteiger partial charge in [-0.15, -0.1) is 0 Å². The average molecular weight is 368 g/mol. The smallest absolute Gasteiger partial charge is 0.316 e. The number of rotatable bonds is 5. The first-order valence-corrected chi connectivity index (χ1v) is 7.91. The van der Waals surface area contributed by atoms with Crippen molar-refractivity contribution in [3.05, 3.63) is 28.5 Å². The second-order valence-electron chi connectivity index (χ2n) is 4.10. The van der Waals surface area contributed by atoms with E-state index in [9.17, 15) is 17.6 Å². The van der Waals surface area contributed by atoms with Crippen molar-refractivity contribution in [1.82, 2.24) is 14.9 Å². The SMILES string of the molecule is CN(C)C(=O)NCCNS(=O)(=O)c1ccc(Br)cc1F. The average Bonchev–Trinajstić information content (AvgIpc) is 2.33. The van der Waals surface area contributed by atoms with E-state index in [-0.39, 0.29) is 19.1 Å². The van der Waals surface area contributed by atoms with Crippen LogP contribution in [0.3, 0.4) is 0 Å². The van der Waals surface area contributed by atoms with Crippen LogP contribution in [0.4, 0.5) is 9.18 Å². The van der Waals surface area contributed by atoms with Gasteiger partial charge < -0.3 is 10.2 Å². The van der Waals surface area contributed by atoms with Crippen LogP contribution in [0.5, 0.6) is 0 Å². The Hall–Kier alpha value is -1.19. The molecule has 0 aromatic heterocycles. The van der Waals surface area contributed by atoms with Crippen molar-refractivity contribution in [2.75, 3.05) is 27.2 Å². The highest BCUT2D eigenvalue weighted by atomic mass is 79.9. The number of carbonyl (C=O) groups is 1. The molecule has 112 valence electrons. The van der Waals surface area contributed by atoms with Crippen molar-refractivity contribution >= 4 is 32.0 Å². The molecule has 0 radical (unpaired) electrons. The summed E-state index contributed by atoms with van der Waals surface area (Å²) in [6.07, 6.45) is 0. The van der Waals surface area contributed by atoms with Crippen molar-refractivity contribution in [1.29, 1.82) is 0 Å². The van der Waals surface area contributed by atoms with Crippen LogP contribution in [0.2, 0.25) is 0 Å². The zero-order valence-electron chi connectivity index (χ0n) is 11.0. The van der Waals surface area contributed by atoms with E-state index < -0.39 is 20.7 Å². The summed E-state index contributed by atoms with van der Waals surface area (Å²) >= 11 is 3.05. The fraction of sp³-hybridized carbons (Fsp3) is 0.364. The number of benzene rings is 1. The first-order valence-electron chi connectivity index (χ1n) is 5.64. The highest BCUT2D eigenvalue weighted by Crippen LogP contribution is 2.18. The summed E-state index contributed by atoms with van der Waals surface area (Å²) < 4.78 is 39.9. The lowest BCUT2D eigenvalue weighted by Crippen LogP contribution is -2.39. The number of nitrogens with zero attached hydrogens (tertiary/aromatic N) is 1. The van der Waals surface area contributed by atoms with E-state index in [0.717, 1.165) is 6.07 Å². The monoisotopic (exact) mass is 367 g/mol. The molecule has 1 aromatic rings. The molecule has 0 unspecified atom stereocenters. The molecular weight excluding hydrogens is 353 g/mol. The molecule has 2 N–H and O–H groups in total. The minimum absolute atomic E-state index is 0.0303. The van der Waals surface area contributed by atoms with Gasteiger partial charge in [-0.25, -0.2) is 22.3 Å². The van der Waals surface area contributed by atoms with Crippen LogP contribution in [-0.2, 0) is 10.0 Å². The van der Waals surface area contributed by atoms with Crippen molar-refractivity contribution in [3.8, 4) is 0 Å². The van der Waals surface area contributed by atoms with Crippen LogP contribution in [0, 0.1) is 5.82 Å². The molecule has 1 aromatic carbocycles. The Bertz CT molecular complexity index is 593. The van der Waals surface area contributed by atoms with Gasteiger partial charge in [0.25, 0.3) is 0 Å². The summed E-state index contributed by atoms with van der Waals surface area (Å²) in [7, 11) is -0.804. The van der Waals surface area contributed by atoms with Gasteiger partial charge in [0.1, 0.15) is 10.7 Å². The zero-order valence-corrected chi connectivity index (χ0v) is 13.4. The number of nitrogens with one attached hydrogen (secondary N) is 2. The summed E-state index contributed by atoms with van der Waals surface area (Å²) in [5, 5.41) is 2.49. The molecule has 0 spiro atoms. The molecule has 9 heteroatoms. The predicted molar refractivity (Wildman–Crippen MR) is 76.4 cm³/mol. The third-order valence-corrected chi connectivity index (χ3v) is 4.27. The number of sulfonamides is 1. The topological polar surface area (TPSA) is 78.5 Å². The van der Waals surface area contributed by atoms with E-state index in [1.165, 1.54) is 17.0 Å². The molecule has 0 aliphatic heterocycles. The molecule has 0 bridgehead atoms. The fourth-order valence-electron chi connectivity index (χ4n) is 1.28. The lowest BCUT2D eigenvalue weighted by atomic mass is 10.3. The summed E-state index contributed by atoms with van der Waals surface area (Å²) in [6.45, 7) is 0.0752. The van der Waals surface area contributed by atoms with E-state index >= 15 is 0 Å². The van der Waals surface area contributed by atoms with Crippen LogP contribution in [0.15, 0.2) is 27.6 Å². The highest BCUT2D eigenvalue weighted by Gasteiger charge is 2.18. The van der Waals surface area contributed by atoms with Gasteiger partial charge in [-0.3, -0.25) is 0 Å². The molecule has 20 heavy (non-hydrogen) atoms. The number of amides is 2. The molecule has 0 saturated heterocycles. The van der Waals surface area contributed by atoms with Gasteiger partial charge in [-0.05, 0) is 18.2 Å². The Morgan fingerprint density at radius 2 is 2.00 bits per heavy atom. The van der Waals surface area contributed by atoms with Crippen molar-refractivity contribution < 1.29 is 17.6 Å². The Balaban J connectivity index is 2.60. The maximum absolute atomic E-state index is 13.6. The quantitative estimate of drug-likeness (QED) is 0.765. The van der Waals surface area contributed by atoms with Crippen molar-refractivity contribution in [3.63, 3.8) is 0 Å². The van der Waals surface area contributed by atoms with Crippen LogP contribution < -0.4 is 10.0 Å². The minimum Gasteiger partial charge on any atom is -0.337 e. The summed E-state index contributed by atoms with van der Waals surface area (Å²) in [5.41, 5.74) is 0. The van der Waals surface area contributed by atoms with Crippen LogP contribution in [0.25, 0.3) is 0 Å². The Kier molecular flexibility index (Phi) is 5.90. The van der Waals surface area contributed by atoms with Gasteiger partial charge >= 0.3 is 6.03 Å². The minimum atomic E-state index is -3.94. The molecule has 0 saturated carbocycles. The van der Waals surface area contributed by atoms with E-state index in [1.54, 1.807) is 14.1 Å². The Labute approximate surface area is 125 Å². The number of halogens is 2. The van der Waals surface area contributed by atoms with Gasteiger partial charge in [-0.2, -0.15) is 0 Å². The van der Waals surface area contributed by atoms with E-state index in [4.69, 9.17) is 0 Å². The summed E-state index contributed by atoms with van der Waals surface area (Å²) in [6, 6.07) is 3.34. The molecule has 0 heterocycles. The summed E-state index contributed by atoms with van der Waals surface area (Å²) in [4.78, 5) is 12.1. The Morgan fingerprint density at radius 1 is 1.35 bits per heavy atom. The first kappa shape index (κ1) is 16.9. The van der Waals surface area contributed by atoms with E-state index in [2.05, 4.69) is 26.0 Å². The third-order valence-electron chi connectivity index (χ3n) is 2.28. The van der Waals surface area contributed by atoms with Gasteiger partial charge in [0.15, 0.2) is 0 Å². The maximum atomic E-state index is 13.6. The predicted octanol–water partition coefficient (Wildman–Crippen LogP) is 1.14. The second-order valence-corrected chi connectivity index (χ2v) is 6.75. The molecule has 2 amide bonds. The van der Waals surface area contributed by atoms with Crippen LogP contribution in [0.1, 0.15) is 0 Å². The fourth-order valence-corrected chi connectivity index (χ4v) is 2.71. The number of urea groups is 1. The first-order chi connectivity index (χ1) is 9.24. The maximum Gasteiger partial charge on any atom is 0.316 e. The molecule has 0 fully saturated rings. The molecule has 0 aliphatic rings. The summed E-state index contributed by atoms with van der Waals surface area (Å²) in [5.74, 6) is -0.843. The van der Waals surface area contributed by atoms with Gasteiger partial charge in [-0.1, -0.05) is 15.9 Å². The van der Waals surface area contributed by atoms with Crippen LogP contribution >= 0.6 is 15.9 Å². The second kappa shape index (κ2) is 7.00. The van der Waals surface area contributed by atoms with Gasteiger partial charge in [0.05, 0.1) is 0 Å². The van der Waals surface area contributed by atoms with E-state index in [1.807, 2.05) is 0 Å². The van der Waals surface area contributed by atoms with E-state index in [0.29, 0.717) is 4.47 Å². The third kappa shape index (κ3) is 4.73. The lowest BCUT2D eigenvalue weighted by Gasteiger charge is -2.12. The van der Waals surface area contributed by atoms with Crippen molar-refractivity contribution in [2.45, 2.75) is 4.90 Å². The normalized spacial score (nSPS) is 11.2. The number of carbonyl (C=O) groups excluding carboxylic acids is 1. The molecular formula is C11H15BrFN3O3S. The van der Waals surface area contributed by atoms with Crippen LogP contribution in [-0.4, -0.2) is 46.5 Å².